The first-order valence-corrected chi connectivity index (χ1v) is 8.77. The highest BCUT2D eigenvalue weighted by molar-refractivity contribution is 5.93. The summed E-state index contributed by atoms with van der Waals surface area (Å²) in [4.78, 5) is 14.6. The molecular weight excluding hydrogens is 359 g/mol. The number of halogens is 1. The van der Waals surface area contributed by atoms with Gasteiger partial charge in [0.15, 0.2) is 11.5 Å². The van der Waals surface area contributed by atoms with Gasteiger partial charge in [-0.3, -0.25) is 4.79 Å². The van der Waals surface area contributed by atoms with Crippen LogP contribution in [-0.4, -0.2) is 16.0 Å². The van der Waals surface area contributed by atoms with Crippen LogP contribution in [0.1, 0.15) is 21.8 Å². The Bertz CT molecular complexity index is 1060. The minimum absolute atomic E-state index is 0.182. The maximum absolute atomic E-state index is 13.6. The molecule has 2 aromatic carbocycles. The van der Waals surface area contributed by atoms with Crippen molar-refractivity contribution in [1.29, 1.82) is 0 Å². The molecule has 5 nitrogen and oxygen atoms in total. The zero-order valence-electron chi connectivity index (χ0n) is 14.9. The maximum atomic E-state index is 13.6. The van der Waals surface area contributed by atoms with Crippen molar-refractivity contribution < 1.29 is 18.1 Å². The Morgan fingerprint density at radius 3 is 2.57 bits per heavy atom. The molecule has 2 heterocycles. The lowest BCUT2D eigenvalue weighted by Crippen LogP contribution is -2.30. The maximum Gasteiger partial charge on any atom is 0.276 e. The Kier molecular flexibility index (Phi) is 5.01. The van der Waals surface area contributed by atoms with Gasteiger partial charge in [0.1, 0.15) is 11.6 Å². The Labute approximate surface area is 161 Å². The molecule has 0 saturated heterocycles. The van der Waals surface area contributed by atoms with E-state index in [0.29, 0.717) is 17.1 Å². The van der Waals surface area contributed by atoms with Crippen molar-refractivity contribution in [3.63, 3.8) is 0 Å². The Balaban J connectivity index is 1.60. The standard InChI is InChI=1S/C22H17FN2O3/c23-18-9-4-6-16(12-18)14-25(15-19-10-5-11-27-19)22(26)20-13-21(28-24-20)17-7-2-1-3-8-17/h1-13H,14-15H2. The van der Waals surface area contributed by atoms with Crippen LogP contribution in [-0.2, 0) is 13.1 Å². The summed E-state index contributed by atoms with van der Waals surface area (Å²) in [6, 6.07) is 20.7. The average Bonchev–Trinajstić information content (AvgIpc) is 3.40. The number of amides is 1. The van der Waals surface area contributed by atoms with E-state index in [1.54, 1.807) is 41.5 Å². The molecule has 0 spiro atoms. The van der Waals surface area contributed by atoms with Gasteiger partial charge in [0.2, 0.25) is 0 Å². The fraction of sp³-hybridized carbons (Fsp3) is 0.0909. The molecule has 1 amide bonds. The van der Waals surface area contributed by atoms with Crippen molar-refractivity contribution in [2.24, 2.45) is 0 Å². The second-order valence-electron chi connectivity index (χ2n) is 6.31. The zero-order valence-corrected chi connectivity index (χ0v) is 14.9. The first-order chi connectivity index (χ1) is 13.7. The van der Waals surface area contributed by atoms with Gasteiger partial charge < -0.3 is 13.8 Å². The molecule has 0 saturated carbocycles. The van der Waals surface area contributed by atoms with Gasteiger partial charge >= 0.3 is 0 Å². The highest BCUT2D eigenvalue weighted by atomic mass is 19.1. The lowest BCUT2D eigenvalue weighted by molar-refractivity contribution is 0.0707. The van der Waals surface area contributed by atoms with Gasteiger partial charge in [-0.05, 0) is 29.8 Å². The van der Waals surface area contributed by atoms with Crippen LogP contribution in [0.4, 0.5) is 4.39 Å². The molecule has 2 aromatic heterocycles. The van der Waals surface area contributed by atoms with Gasteiger partial charge in [-0.15, -0.1) is 0 Å². The molecule has 0 aliphatic heterocycles. The van der Waals surface area contributed by atoms with E-state index in [1.165, 1.54) is 12.1 Å². The number of furan rings is 1. The van der Waals surface area contributed by atoms with Crippen molar-refractivity contribution in [1.82, 2.24) is 10.1 Å². The van der Waals surface area contributed by atoms with Gasteiger partial charge in [0, 0.05) is 18.2 Å². The molecule has 6 heteroatoms. The van der Waals surface area contributed by atoms with Crippen LogP contribution in [0.25, 0.3) is 11.3 Å². The number of nitrogens with zero attached hydrogens (tertiary/aromatic N) is 2. The van der Waals surface area contributed by atoms with Gasteiger partial charge in [-0.1, -0.05) is 47.6 Å². The van der Waals surface area contributed by atoms with Crippen LogP contribution in [0.2, 0.25) is 0 Å². The molecule has 4 aromatic rings. The molecule has 140 valence electrons. The Morgan fingerprint density at radius 1 is 0.964 bits per heavy atom. The van der Waals surface area contributed by atoms with Crippen molar-refractivity contribution in [3.05, 3.63) is 102 Å². The van der Waals surface area contributed by atoms with Crippen LogP contribution in [0.3, 0.4) is 0 Å². The van der Waals surface area contributed by atoms with Crippen LogP contribution >= 0.6 is 0 Å². The molecule has 0 aliphatic carbocycles. The lowest BCUT2D eigenvalue weighted by atomic mass is 10.1. The molecule has 28 heavy (non-hydrogen) atoms. The van der Waals surface area contributed by atoms with E-state index >= 15 is 0 Å². The lowest BCUT2D eigenvalue weighted by Gasteiger charge is -2.20. The number of hydrogen-bond acceptors (Lipinski definition) is 4. The monoisotopic (exact) mass is 376 g/mol. The van der Waals surface area contributed by atoms with Crippen molar-refractivity contribution in [3.8, 4) is 11.3 Å². The first-order valence-electron chi connectivity index (χ1n) is 8.77. The molecule has 0 fully saturated rings. The Hall–Kier alpha value is -3.67. The number of hydrogen-bond donors (Lipinski definition) is 0. The summed E-state index contributed by atoms with van der Waals surface area (Å²) in [6.45, 7) is 0.445. The van der Waals surface area contributed by atoms with E-state index in [2.05, 4.69) is 5.16 Å². The second kappa shape index (κ2) is 7.92. The summed E-state index contributed by atoms with van der Waals surface area (Å²) < 4.78 is 24.3. The molecule has 0 unspecified atom stereocenters. The number of rotatable bonds is 6. The van der Waals surface area contributed by atoms with Crippen LogP contribution < -0.4 is 0 Å². The van der Waals surface area contributed by atoms with Crippen LogP contribution in [0.15, 0.2) is 88.0 Å². The summed E-state index contributed by atoms with van der Waals surface area (Å²) >= 11 is 0. The molecule has 0 radical (unpaired) electrons. The topological polar surface area (TPSA) is 59.5 Å². The van der Waals surface area contributed by atoms with E-state index in [0.717, 1.165) is 5.56 Å². The predicted molar refractivity (Wildman–Crippen MR) is 101 cm³/mol. The molecule has 4 rings (SSSR count). The second-order valence-corrected chi connectivity index (χ2v) is 6.31. The minimum atomic E-state index is -0.351. The molecular formula is C22H17FN2O3. The van der Waals surface area contributed by atoms with E-state index in [9.17, 15) is 9.18 Å². The third-order valence-electron chi connectivity index (χ3n) is 4.26. The number of carbonyl (C=O) groups excluding carboxylic acids is 1. The summed E-state index contributed by atoms with van der Waals surface area (Å²) in [6.07, 6.45) is 1.55. The third-order valence-corrected chi connectivity index (χ3v) is 4.26. The van der Waals surface area contributed by atoms with Crippen molar-refractivity contribution in [2.75, 3.05) is 0 Å². The normalized spacial score (nSPS) is 10.8. The summed E-state index contributed by atoms with van der Waals surface area (Å²) in [5, 5.41) is 3.93. The summed E-state index contributed by atoms with van der Waals surface area (Å²) in [5.41, 5.74) is 1.69. The molecule has 0 aliphatic rings. The Morgan fingerprint density at radius 2 is 1.82 bits per heavy atom. The predicted octanol–water partition coefficient (Wildman–Crippen LogP) is 4.92. The summed E-state index contributed by atoms with van der Waals surface area (Å²) in [7, 11) is 0. The number of aromatic nitrogens is 1. The van der Waals surface area contributed by atoms with E-state index in [-0.39, 0.29) is 30.5 Å². The molecule has 0 bridgehead atoms. The van der Waals surface area contributed by atoms with Crippen molar-refractivity contribution >= 4 is 5.91 Å². The SMILES string of the molecule is O=C(c1cc(-c2ccccc2)on1)N(Cc1cccc(F)c1)Cc1ccco1. The summed E-state index contributed by atoms with van der Waals surface area (Å²) in [5.74, 6) is 0.450. The van der Waals surface area contributed by atoms with E-state index in [4.69, 9.17) is 8.94 Å². The number of carbonyl (C=O) groups is 1. The largest absolute Gasteiger partial charge is 0.467 e. The van der Waals surface area contributed by atoms with E-state index in [1.807, 2.05) is 30.3 Å². The fourth-order valence-electron chi connectivity index (χ4n) is 2.92. The van der Waals surface area contributed by atoms with Crippen LogP contribution in [0.5, 0.6) is 0 Å². The van der Waals surface area contributed by atoms with E-state index < -0.39 is 0 Å². The molecule has 0 N–H and O–H groups in total. The minimum Gasteiger partial charge on any atom is -0.467 e. The third kappa shape index (κ3) is 4.01. The fourth-order valence-corrected chi connectivity index (χ4v) is 2.92. The van der Waals surface area contributed by atoms with Crippen molar-refractivity contribution in [2.45, 2.75) is 13.1 Å². The number of benzene rings is 2. The zero-order chi connectivity index (χ0) is 19.3. The quantitative estimate of drug-likeness (QED) is 0.479. The average molecular weight is 376 g/mol. The van der Waals surface area contributed by atoms with Gasteiger partial charge in [-0.25, -0.2) is 4.39 Å². The highest BCUT2D eigenvalue weighted by Gasteiger charge is 2.22. The van der Waals surface area contributed by atoms with Gasteiger partial charge in [0.25, 0.3) is 5.91 Å². The first kappa shape index (κ1) is 17.7. The highest BCUT2D eigenvalue weighted by Crippen LogP contribution is 2.22. The van der Waals surface area contributed by atoms with Gasteiger partial charge in [-0.2, -0.15) is 0 Å². The van der Waals surface area contributed by atoms with Crippen LogP contribution in [0, 0.1) is 5.82 Å². The smallest absolute Gasteiger partial charge is 0.276 e. The van der Waals surface area contributed by atoms with Gasteiger partial charge in [0.05, 0.1) is 12.8 Å². The molecule has 0 atom stereocenters.